The van der Waals surface area contributed by atoms with E-state index in [1.807, 2.05) is 6.92 Å². The highest BCUT2D eigenvalue weighted by Gasteiger charge is 2.27. The lowest BCUT2D eigenvalue weighted by molar-refractivity contribution is 0.00319. The monoisotopic (exact) mass is 265 g/mol. The van der Waals surface area contributed by atoms with Gasteiger partial charge in [0.2, 0.25) is 10.0 Å². The second-order valence-electron chi connectivity index (χ2n) is 4.36. The Hall–Kier alpha value is -0.170. The summed E-state index contributed by atoms with van der Waals surface area (Å²) in [6.07, 6.45) is 3.18. The topological polar surface area (TPSA) is 66.8 Å². The zero-order chi connectivity index (χ0) is 12.7. The third-order valence-electron chi connectivity index (χ3n) is 3.00. The van der Waals surface area contributed by atoms with Gasteiger partial charge in [-0.2, -0.15) is 0 Å². The van der Waals surface area contributed by atoms with Gasteiger partial charge < -0.3 is 9.84 Å². The number of hydrogen-bond acceptors (Lipinski definition) is 4. The highest BCUT2D eigenvalue weighted by molar-refractivity contribution is 7.89. The largest absolute Gasteiger partial charge is 0.394 e. The minimum Gasteiger partial charge on any atom is -0.394 e. The molecule has 6 heteroatoms. The SMILES string of the molecule is CCCCS(=O)(=O)N1CCC(OCCO)CC1. The van der Waals surface area contributed by atoms with Crippen molar-refractivity contribution in [3.8, 4) is 0 Å². The lowest BCUT2D eigenvalue weighted by atomic mass is 10.1. The van der Waals surface area contributed by atoms with Crippen LogP contribution in [0.15, 0.2) is 0 Å². The lowest BCUT2D eigenvalue weighted by Crippen LogP contribution is -2.42. The summed E-state index contributed by atoms with van der Waals surface area (Å²) in [5, 5.41) is 8.64. The Morgan fingerprint density at radius 1 is 1.35 bits per heavy atom. The molecular formula is C11H23NO4S. The third-order valence-corrected chi connectivity index (χ3v) is 4.95. The molecule has 0 aromatic heterocycles. The number of nitrogens with zero attached hydrogens (tertiary/aromatic N) is 1. The van der Waals surface area contributed by atoms with Crippen LogP contribution in [0.1, 0.15) is 32.6 Å². The predicted molar refractivity (Wildman–Crippen MR) is 66.3 cm³/mol. The number of aliphatic hydroxyl groups is 1. The summed E-state index contributed by atoms with van der Waals surface area (Å²) in [4.78, 5) is 0. The summed E-state index contributed by atoms with van der Waals surface area (Å²) in [5.41, 5.74) is 0. The molecule has 0 spiro atoms. The van der Waals surface area contributed by atoms with E-state index in [1.54, 1.807) is 4.31 Å². The van der Waals surface area contributed by atoms with Crippen molar-refractivity contribution in [2.45, 2.75) is 38.7 Å². The maximum atomic E-state index is 11.9. The van der Waals surface area contributed by atoms with Crippen LogP contribution in [-0.2, 0) is 14.8 Å². The molecular weight excluding hydrogens is 242 g/mol. The van der Waals surface area contributed by atoms with Crippen molar-refractivity contribution < 1.29 is 18.3 Å². The van der Waals surface area contributed by atoms with Gasteiger partial charge in [0, 0.05) is 13.1 Å². The van der Waals surface area contributed by atoms with Crippen LogP contribution in [0.3, 0.4) is 0 Å². The summed E-state index contributed by atoms with van der Waals surface area (Å²) in [6, 6.07) is 0. The molecule has 0 amide bonds. The lowest BCUT2D eigenvalue weighted by Gasteiger charge is -2.31. The van der Waals surface area contributed by atoms with Gasteiger partial charge in [-0.15, -0.1) is 0 Å². The van der Waals surface area contributed by atoms with E-state index in [9.17, 15) is 8.42 Å². The second kappa shape index (κ2) is 7.31. The fourth-order valence-corrected chi connectivity index (χ4v) is 3.63. The molecule has 1 saturated heterocycles. The van der Waals surface area contributed by atoms with Gasteiger partial charge >= 0.3 is 0 Å². The molecule has 0 bridgehead atoms. The van der Waals surface area contributed by atoms with Crippen LogP contribution >= 0.6 is 0 Å². The molecule has 0 atom stereocenters. The van der Waals surface area contributed by atoms with Crippen molar-refractivity contribution in [1.29, 1.82) is 0 Å². The van der Waals surface area contributed by atoms with Gasteiger partial charge in [-0.3, -0.25) is 0 Å². The number of ether oxygens (including phenoxy) is 1. The van der Waals surface area contributed by atoms with Gasteiger partial charge in [-0.05, 0) is 19.3 Å². The molecule has 1 heterocycles. The normalized spacial score (nSPS) is 19.6. The van der Waals surface area contributed by atoms with Crippen LogP contribution in [0.2, 0.25) is 0 Å². The number of unbranched alkanes of at least 4 members (excludes halogenated alkanes) is 1. The summed E-state index contributed by atoms with van der Waals surface area (Å²) >= 11 is 0. The third kappa shape index (κ3) is 4.91. The molecule has 1 rings (SSSR count). The number of hydrogen-bond donors (Lipinski definition) is 1. The Balaban J connectivity index is 2.35. The van der Waals surface area contributed by atoms with Crippen molar-refractivity contribution in [3.63, 3.8) is 0 Å². The Labute approximate surface area is 104 Å². The Morgan fingerprint density at radius 2 is 2.00 bits per heavy atom. The van der Waals surface area contributed by atoms with Crippen molar-refractivity contribution >= 4 is 10.0 Å². The second-order valence-corrected chi connectivity index (χ2v) is 6.45. The first kappa shape index (κ1) is 14.9. The molecule has 0 aromatic carbocycles. The van der Waals surface area contributed by atoms with E-state index in [4.69, 9.17) is 9.84 Å². The number of rotatable bonds is 7. The van der Waals surface area contributed by atoms with Crippen LogP contribution in [0.25, 0.3) is 0 Å². The summed E-state index contributed by atoms with van der Waals surface area (Å²) < 4.78 is 30.8. The Morgan fingerprint density at radius 3 is 2.53 bits per heavy atom. The quantitative estimate of drug-likeness (QED) is 0.731. The van der Waals surface area contributed by atoms with Gasteiger partial charge in [0.1, 0.15) is 0 Å². The summed E-state index contributed by atoms with van der Waals surface area (Å²) in [5.74, 6) is 0.256. The maximum absolute atomic E-state index is 11.9. The van der Waals surface area contributed by atoms with Gasteiger partial charge in [0.15, 0.2) is 0 Å². The molecule has 1 N–H and O–H groups in total. The first-order chi connectivity index (χ1) is 8.10. The Kier molecular flexibility index (Phi) is 6.40. The maximum Gasteiger partial charge on any atom is 0.214 e. The fourth-order valence-electron chi connectivity index (χ4n) is 1.95. The van der Waals surface area contributed by atoms with Gasteiger partial charge in [0.25, 0.3) is 0 Å². The fraction of sp³-hybridized carbons (Fsp3) is 1.00. The highest BCUT2D eigenvalue weighted by atomic mass is 32.2. The van der Waals surface area contributed by atoms with Gasteiger partial charge in [-0.1, -0.05) is 13.3 Å². The number of piperidine rings is 1. The van der Waals surface area contributed by atoms with Crippen molar-refractivity contribution in [3.05, 3.63) is 0 Å². The molecule has 1 aliphatic rings. The molecule has 17 heavy (non-hydrogen) atoms. The van der Waals surface area contributed by atoms with Crippen LogP contribution in [0.5, 0.6) is 0 Å². The summed E-state index contributed by atoms with van der Waals surface area (Å²) in [7, 11) is -3.06. The van der Waals surface area contributed by atoms with E-state index in [0.717, 1.165) is 25.7 Å². The van der Waals surface area contributed by atoms with Crippen LogP contribution in [-0.4, -0.2) is 56.0 Å². The van der Waals surface area contributed by atoms with E-state index in [2.05, 4.69) is 0 Å². The minimum absolute atomic E-state index is 0.0228. The van der Waals surface area contributed by atoms with Crippen LogP contribution in [0, 0.1) is 0 Å². The van der Waals surface area contributed by atoms with E-state index in [0.29, 0.717) is 19.7 Å². The molecule has 1 aliphatic heterocycles. The smallest absolute Gasteiger partial charge is 0.214 e. The number of aliphatic hydroxyl groups excluding tert-OH is 1. The standard InChI is InChI=1S/C11H23NO4S/c1-2-3-10-17(14,15)12-6-4-11(5-7-12)16-9-8-13/h11,13H,2-10H2,1H3. The van der Waals surface area contributed by atoms with Gasteiger partial charge in [0.05, 0.1) is 25.1 Å². The summed E-state index contributed by atoms with van der Waals surface area (Å²) in [6.45, 7) is 3.44. The average Bonchev–Trinajstić information content (AvgIpc) is 2.34. The molecule has 102 valence electrons. The zero-order valence-corrected chi connectivity index (χ0v) is 11.3. The number of sulfonamides is 1. The van der Waals surface area contributed by atoms with Crippen LogP contribution in [0.4, 0.5) is 0 Å². The van der Waals surface area contributed by atoms with Crippen molar-refractivity contribution in [2.24, 2.45) is 0 Å². The Bertz CT molecular complexity index is 297. The molecule has 0 unspecified atom stereocenters. The highest BCUT2D eigenvalue weighted by Crippen LogP contribution is 2.17. The molecule has 0 aliphatic carbocycles. The average molecular weight is 265 g/mol. The van der Waals surface area contributed by atoms with Crippen molar-refractivity contribution in [2.75, 3.05) is 32.1 Å². The van der Waals surface area contributed by atoms with E-state index < -0.39 is 10.0 Å². The molecule has 0 aromatic rings. The van der Waals surface area contributed by atoms with E-state index in [1.165, 1.54) is 0 Å². The van der Waals surface area contributed by atoms with Crippen LogP contribution < -0.4 is 0 Å². The molecule has 0 saturated carbocycles. The molecule has 1 fully saturated rings. The zero-order valence-electron chi connectivity index (χ0n) is 10.5. The van der Waals surface area contributed by atoms with E-state index in [-0.39, 0.29) is 18.5 Å². The van der Waals surface area contributed by atoms with Gasteiger partial charge in [-0.25, -0.2) is 12.7 Å². The predicted octanol–water partition coefficient (Wildman–Crippen LogP) is 0.590. The molecule has 0 radical (unpaired) electrons. The molecule has 5 nitrogen and oxygen atoms in total. The minimum atomic E-state index is -3.06. The van der Waals surface area contributed by atoms with Crippen molar-refractivity contribution in [1.82, 2.24) is 4.31 Å². The first-order valence-corrected chi connectivity index (χ1v) is 7.91. The first-order valence-electron chi connectivity index (χ1n) is 6.30. The van der Waals surface area contributed by atoms with E-state index >= 15 is 0 Å².